The molecule has 0 atom stereocenters. The number of fused-ring (bicyclic) bond motifs is 1. The van der Waals surface area contributed by atoms with Crippen LogP contribution in [0, 0.1) is 0 Å². The predicted octanol–water partition coefficient (Wildman–Crippen LogP) is 6.22. The number of thioether (sulfide) groups is 1. The van der Waals surface area contributed by atoms with Crippen molar-refractivity contribution in [2.45, 2.75) is 23.6 Å². The molecule has 1 aromatic heterocycles. The summed E-state index contributed by atoms with van der Waals surface area (Å²) in [5, 5.41) is 3.35. The number of para-hydroxylation sites is 1. The van der Waals surface area contributed by atoms with Crippen molar-refractivity contribution in [1.82, 2.24) is 10.3 Å². The molecule has 0 unspecified atom stereocenters. The van der Waals surface area contributed by atoms with Gasteiger partial charge in [0.1, 0.15) is 5.52 Å². The zero-order chi connectivity index (χ0) is 28.2. The van der Waals surface area contributed by atoms with Crippen molar-refractivity contribution in [2.75, 3.05) is 17.4 Å². The number of nitrogens with one attached hydrogen (secondary N) is 1. The molecular formula is C25H21ClF3N3O5S2. The number of rotatable bonds is 10. The molecule has 0 saturated heterocycles. The highest BCUT2D eigenvalue weighted by Gasteiger charge is 2.30. The molecule has 4 aromatic rings. The van der Waals surface area contributed by atoms with Gasteiger partial charge in [0, 0.05) is 23.9 Å². The maximum atomic E-state index is 12.8. The third kappa shape index (κ3) is 7.44. The maximum Gasteiger partial charge on any atom is 0.416 e. The number of oxazole rings is 1. The van der Waals surface area contributed by atoms with E-state index in [4.69, 9.17) is 16.0 Å². The van der Waals surface area contributed by atoms with Crippen LogP contribution < -0.4 is 9.62 Å². The van der Waals surface area contributed by atoms with Gasteiger partial charge in [-0.05, 0) is 60.5 Å². The van der Waals surface area contributed by atoms with Gasteiger partial charge < -0.3 is 9.73 Å². The zero-order valence-corrected chi connectivity index (χ0v) is 22.4. The number of aromatic nitrogens is 1. The second kappa shape index (κ2) is 11.9. The van der Waals surface area contributed by atoms with Gasteiger partial charge in [-0.15, -0.1) is 0 Å². The molecule has 1 heterocycles. The van der Waals surface area contributed by atoms with E-state index in [9.17, 15) is 30.9 Å². The van der Waals surface area contributed by atoms with Crippen molar-refractivity contribution in [1.29, 1.82) is 0 Å². The monoisotopic (exact) mass is 599 g/mol. The largest absolute Gasteiger partial charge is 0.430 e. The summed E-state index contributed by atoms with van der Waals surface area (Å²) in [4.78, 5) is 17.2. The molecule has 0 aliphatic heterocycles. The zero-order valence-electron chi connectivity index (χ0n) is 20.0. The highest BCUT2D eigenvalue weighted by molar-refractivity contribution is 7.98. The number of hydrogen-bond acceptors (Lipinski definition) is 6. The highest BCUT2D eigenvalue weighted by Crippen LogP contribution is 2.31. The van der Waals surface area contributed by atoms with Crippen LogP contribution in [-0.2, 0) is 22.2 Å². The summed E-state index contributed by atoms with van der Waals surface area (Å²) in [7, 11) is -4.54. The normalized spacial score (nSPS) is 12.0. The predicted molar refractivity (Wildman–Crippen MR) is 142 cm³/mol. The number of alkyl halides is 3. The van der Waals surface area contributed by atoms with Crippen molar-refractivity contribution in [3.63, 3.8) is 0 Å². The fraction of sp³-hybridized carbons (Fsp3) is 0.200. The Morgan fingerprint density at radius 2 is 1.77 bits per heavy atom. The van der Waals surface area contributed by atoms with Crippen molar-refractivity contribution in [3.05, 3.63) is 88.4 Å². The average Bonchev–Trinajstić information content (AvgIpc) is 3.30. The smallest absolute Gasteiger partial charge is 0.416 e. The topological polar surface area (TPSA) is 113 Å². The van der Waals surface area contributed by atoms with Crippen molar-refractivity contribution in [3.8, 4) is 0 Å². The Morgan fingerprint density at radius 1 is 1.08 bits per heavy atom. The number of carbonyl (C=O) groups is 1. The van der Waals surface area contributed by atoms with Gasteiger partial charge in [0.05, 0.1) is 16.8 Å². The lowest BCUT2D eigenvalue weighted by Crippen LogP contribution is -2.34. The van der Waals surface area contributed by atoms with Crippen LogP contribution in [0.4, 0.5) is 18.9 Å². The van der Waals surface area contributed by atoms with Crippen molar-refractivity contribution >= 4 is 56.4 Å². The number of halogens is 4. The standard InChI is InChI=1S/C25H21ClF3N3O5S2/c26-18-9-11-19(12-10-18)32(39(34,35)36)14-2-13-30-23(33)20-3-1-4-21-22(20)37-24(31-21)38-15-16-5-7-17(8-6-16)25(27,28)29/h1,3-12H,2,13-15H2,(H,30,33)(H,34,35,36). The molecule has 1 amide bonds. The first-order chi connectivity index (χ1) is 18.4. The molecule has 0 aliphatic rings. The molecule has 0 bridgehead atoms. The molecule has 0 saturated carbocycles. The SMILES string of the molecule is O=C(NCCCN(c1ccc(Cl)cc1)S(=O)(=O)O)c1cccc2nc(SCc3ccc(C(F)(F)F)cc3)oc12. The van der Waals surface area contributed by atoms with Gasteiger partial charge in [0.25, 0.3) is 11.1 Å². The van der Waals surface area contributed by atoms with Gasteiger partial charge in [0.2, 0.25) is 0 Å². The Balaban J connectivity index is 1.36. The van der Waals surface area contributed by atoms with Crippen LogP contribution in [0.3, 0.4) is 0 Å². The lowest BCUT2D eigenvalue weighted by atomic mass is 10.1. The Bertz CT molecular complexity index is 1560. The van der Waals surface area contributed by atoms with Crippen molar-refractivity contribution in [2.24, 2.45) is 0 Å². The van der Waals surface area contributed by atoms with E-state index in [-0.39, 0.29) is 41.6 Å². The van der Waals surface area contributed by atoms with Crippen LogP contribution in [-0.4, -0.2) is 37.0 Å². The summed E-state index contributed by atoms with van der Waals surface area (Å²) < 4.78 is 78.0. The lowest BCUT2D eigenvalue weighted by molar-refractivity contribution is -0.137. The average molecular weight is 600 g/mol. The van der Waals surface area contributed by atoms with E-state index in [2.05, 4.69) is 10.3 Å². The summed E-state index contributed by atoms with van der Waals surface area (Å²) in [6, 6.07) is 15.5. The minimum absolute atomic E-state index is 0.0957. The highest BCUT2D eigenvalue weighted by atomic mass is 35.5. The summed E-state index contributed by atoms with van der Waals surface area (Å²) in [6.07, 6.45) is -4.22. The van der Waals surface area contributed by atoms with Gasteiger partial charge in [-0.25, -0.2) is 9.29 Å². The van der Waals surface area contributed by atoms with Gasteiger partial charge in [0.15, 0.2) is 5.58 Å². The maximum absolute atomic E-state index is 12.8. The third-order valence-corrected chi connectivity index (χ3v) is 7.60. The molecular weight excluding hydrogens is 579 g/mol. The van der Waals surface area contributed by atoms with Crippen LogP contribution in [0.1, 0.15) is 27.9 Å². The van der Waals surface area contributed by atoms with Crippen LogP contribution in [0.5, 0.6) is 0 Å². The molecule has 0 aliphatic carbocycles. The Kier molecular flexibility index (Phi) is 8.74. The number of carbonyl (C=O) groups excluding carboxylic acids is 1. The number of hydrogen-bond donors (Lipinski definition) is 2. The quantitative estimate of drug-likeness (QED) is 0.126. The fourth-order valence-corrected chi connectivity index (χ4v) is 5.27. The molecule has 0 spiro atoms. The second-order valence-corrected chi connectivity index (χ2v) is 11.0. The van der Waals surface area contributed by atoms with E-state index < -0.39 is 28.0 Å². The van der Waals surface area contributed by atoms with Gasteiger partial charge >= 0.3 is 16.5 Å². The van der Waals surface area contributed by atoms with Crippen LogP contribution in [0.25, 0.3) is 11.1 Å². The number of amides is 1. The Labute approximate surface area is 231 Å². The fourth-order valence-electron chi connectivity index (χ4n) is 3.61. The lowest BCUT2D eigenvalue weighted by Gasteiger charge is -2.21. The van der Waals surface area contributed by atoms with E-state index >= 15 is 0 Å². The Morgan fingerprint density at radius 3 is 2.41 bits per heavy atom. The van der Waals surface area contributed by atoms with Crippen molar-refractivity contribution < 1.29 is 35.4 Å². The van der Waals surface area contributed by atoms with E-state index in [1.165, 1.54) is 48.2 Å². The third-order valence-electron chi connectivity index (χ3n) is 5.50. The van der Waals surface area contributed by atoms with Gasteiger partial charge in [-0.3, -0.25) is 9.35 Å². The molecule has 14 heteroatoms. The van der Waals surface area contributed by atoms with E-state index in [0.29, 0.717) is 21.9 Å². The summed E-state index contributed by atoms with van der Waals surface area (Å²) in [6.45, 7) is -0.00348. The van der Waals surface area contributed by atoms with Crippen LogP contribution >= 0.6 is 23.4 Å². The molecule has 2 N–H and O–H groups in total. The van der Waals surface area contributed by atoms with Gasteiger partial charge in [-0.1, -0.05) is 41.6 Å². The molecule has 39 heavy (non-hydrogen) atoms. The molecule has 4 rings (SSSR count). The van der Waals surface area contributed by atoms with Crippen LogP contribution in [0.2, 0.25) is 5.02 Å². The van der Waals surface area contributed by atoms with Gasteiger partial charge in [-0.2, -0.15) is 21.6 Å². The first-order valence-electron chi connectivity index (χ1n) is 11.4. The molecule has 8 nitrogen and oxygen atoms in total. The summed E-state index contributed by atoms with van der Waals surface area (Å²) in [5.74, 6) is -0.161. The second-order valence-electron chi connectivity index (χ2n) is 8.25. The first-order valence-corrected chi connectivity index (χ1v) is 14.2. The molecule has 0 radical (unpaired) electrons. The minimum Gasteiger partial charge on any atom is -0.430 e. The number of nitrogens with zero attached hydrogens (tertiary/aromatic N) is 2. The van der Waals surface area contributed by atoms with Crippen LogP contribution in [0.15, 0.2) is 76.4 Å². The molecule has 3 aromatic carbocycles. The number of anilines is 1. The van der Waals surface area contributed by atoms with E-state index in [1.807, 2.05) is 0 Å². The first kappa shape index (κ1) is 28.7. The van der Waals surface area contributed by atoms with E-state index in [0.717, 1.165) is 16.4 Å². The summed E-state index contributed by atoms with van der Waals surface area (Å²) >= 11 is 7.01. The number of benzene rings is 3. The summed E-state index contributed by atoms with van der Waals surface area (Å²) in [5.41, 5.74) is 1.02. The van der Waals surface area contributed by atoms with E-state index in [1.54, 1.807) is 18.2 Å². The molecule has 0 fully saturated rings. The molecule has 206 valence electrons. The minimum atomic E-state index is -4.54. The Hall–Kier alpha value is -3.26.